The fourth-order valence-electron chi connectivity index (χ4n) is 3.25. The summed E-state index contributed by atoms with van der Waals surface area (Å²) in [5.74, 6) is 0.317. The second-order valence-electron chi connectivity index (χ2n) is 6.03. The molecule has 22 heavy (non-hydrogen) atoms. The maximum Gasteiger partial charge on any atom is 0.168 e. The van der Waals surface area contributed by atoms with Crippen molar-refractivity contribution < 1.29 is 13.9 Å². The molecule has 2 aliphatic rings. The van der Waals surface area contributed by atoms with Gasteiger partial charge in [-0.2, -0.15) is 0 Å². The van der Waals surface area contributed by atoms with Gasteiger partial charge in [0.25, 0.3) is 0 Å². The summed E-state index contributed by atoms with van der Waals surface area (Å²) in [7, 11) is 0. The Balaban J connectivity index is 1.84. The average Bonchev–Trinajstić information content (AvgIpc) is 3.27. The largest absolute Gasteiger partial charge is 0.491 e. The van der Waals surface area contributed by atoms with Crippen LogP contribution in [0.3, 0.4) is 0 Å². The molecule has 2 heterocycles. The quantitative estimate of drug-likeness (QED) is 0.803. The van der Waals surface area contributed by atoms with Crippen molar-refractivity contribution >= 4 is 5.78 Å². The molecule has 0 radical (unpaired) electrons. The van der Waals surface area contributed by atoms with Gasteiger partial charge in [-0.05, 0) is 49.9 Å². The Morgan fingerprint density at radius 2 is 2.23 bits per heavy atom. The summed E-state index contributed by atoms with van der Waals surface area (Å²) in [5, 5.41) is 0. The van der Waals surface area contributed by atoms with Crippen LogP contribution in [-0.2, 0) is 13.0 Å². The molecule has 0 N–H and O–H groups in total. The van der Waals surface area contributed by atoms with Crippen molar-refractivity contribution in [1.82, 2.24) is 4.57 Å². The van der Waals surface area contributed by atoms with E-state index in [2.05, 4.69) is 4.57 Å². The number of fused-ring (bicyclic) bond motifs is 3. The third-order valence-corrected chi connectivity index (χ3v) is 4.51. The molecule has 2 aromatic rings. The number of hydrogen-bond acceptors (Lipinski definition) is 2. The van der Waals surface area contributed by atoms with Gasteiger partial charge in [0, 0.05) is 29.8 Å². The molecular weight excluding hydrogens is 281 g/mol. The standard InChI is InChI=1S/C18H18FNO2/c1-2-22-16-9-12-5-7-20-8-6-13(18(21)11-3-4-11)17(20)14(12)10-15(16)19/h6,8-11H,2-5,7H2,1H3. The smallest absolute Gasteiger partial charge is 0.168 e. The maximum atomic E-state index is 14.2. The first-order valence-corrected chi connectivity index (χ1v) is 7.88. The predicted molar refractivity (Wildman–Crippen MR) is 81.8 cm³/mol. The molecule has 1 aliphatic carbocycles. The van der Waals surface area contributed by atoms with Crippen molar-refractivity contribution in [3.8, 4) is 17.0 Å². The van der Waals surface area contributed by atoms with Gasteiger partial charge in [0.2, 0.25) is 0 Å². The highest BCUT2D eigenvalue weighted by atomic mass is 19.1. The molecular formula is C18H18FNO2. The number of carbonyl (C=O) groups excluding carboxylic acids is 1. The highest BCUT2D eigenvalue weighted by Gasteiger charge is 2.34. The summed E-state index contributed by atoms with van der Waals surface area (Å²) in [6.07, 6.45) is 4.73. The number of carbonyl (C=O) groups is 1. The normalized spacial score (nSPS) is 16.1. The van der Waals surface area contributed by atoms with Crippen molar-refractivity contribution in [3.05, 3.63) is 41.3 Å². The van der Waals surface area contributed by atoms with Crippen LogP contribution in [0.1, 0.15) is 35.7 Å². The van der Waals surface area contributed by atoms with Crippen LogP contribution in [0.2, 0.25) is 0 Å². The molecule has 3 nitrogen and oxygen atoms in total. The lowest BCUT2D eigenvalue weighted by molar-refractivity contribution is 0.0968. The van der Waals surface area contributed by atoms with E-state index in [1.54, 1.807) is 6.07 Å². The minimum Gasteiger partial charge on any atom is -0.491 e. The second kappa shape index (κ2) is 4.97. The first-order valence-electron chi connectivity index (χ1n) is 7.88. The molecule has 1 aliphatic heterocycles. The zero-order valence-electron chi connectivity index (χ0n) is 12.6. The molecule has 114 valence electrons. The van der Waals surface area contributed by atoms with Gasteiger partial charge in [0.15, 0.2) is 17.3 Å². The van der Waals surface area contributed by atoms with Gasteiger partial charge in [0.1, 0.15) is 0 Å². The van der Waals surface area contributed by atoms with Crippen LogP contribution in [0.15, 0.2) is 24.4 Å². The summed E-state index contributed by atoms with van der Waals surface area (Å²) in [6.45, 7) is 3.10. The van der Waals surface area contributed by atoms with Gasteiger partial charge in [-0.3, -0.25) is 4.79 Å². The Bertz CT molecular complexity index is 759. The van der Waals surface area contributed by atoms with E-state index < -0.39 is 0 Å². The Morgan fingerprint density at radius 3 is 2.95 bits per heavy atom. The first kappa shape index (κ1) is 13.6. The monoisotopic (exact) mass is 299 g/mol. The molecule has 0 spiro atoms. The van der Waals surface area contributed by atoms with E-state index >= 15 is 0 Å². The lowest BCUT2D eigenvalue weighted by atomic mass is 9.94. The third-order valence-electron chi connectivity index (χ3n) is 4.51. The average molecular weight is 299 g/mol. The van der Waals surface area contributed by atoms with Crippen molar-refractivity contribution in [2.24, 2.45) is 5.92 Å². The highest BCUT2D eigenvalue weighted by Crippen LogP contribution is 2.40. The van der Waals surface area contributed by atoms with Crippen molar-refractivity contribution in [3.63, 3.8) is 0 Å². The summed E-state index contributed by atoms with van der Waals surface area (Å²) in [5.41, 5.74) is 3.51. The Hall–Kier alpha value is -2.10. The lowest BCUT2D eigenvalue weighted by Gasteiger charge is -2.22. The number of Topliss-reactive ketones (excluding diaryl/α,β-unsaturated/α-hetero) is 1. The molecule has 1 aromatic carbocycles. The molecule has 1 aromatic heterocycles. The number of halogens is 1. The van der Waals surface area contributed by atoms with Crippen LogP contribution < -0.4 is 4.74 Å². The summed E-state index contributed by atoms with van der Waals surface area (Å²) >= 11 is 0. The lowest BCUT2D eigenvalue weighted by Crippen LogP contribution is -2.13. The SMILES string of the molecule is CCOc1cc2c(cc1F)-c1c(C(=O)C3CC3)ccn1CC2. The molecule has 4 heteroatoms. The van der Waals surface area contributed by atoms with E-state index in [4.69, 9.17) is 4.74 Å². The van der Waals surface area contributed by atoms with Crippen molar-refractivity contribution in [1.29, 1.82) is 0 Å². The number of rotatable bonds is 4. The number of ketones is 1. The van der Waals surface area contributed by atoms with Crippen molar-refractivity contribution in [2.45, 2.75) is 32.7 Å². The van der Waals surface area contributed by atoms with Gasteiger partial charge in [-0.1, -0.05) is 0 Å². The number of aromatic nitrogens is 1. The molecule has 1 saturated carbocycles. The van der Waals surface area contributed by atoms with Crippen LogP contribution in [0, 0.1) is 11.7 Å². The molecule has 0 amide bonds. The van der Waals surface area contributed by atoms with Gasteiger partial charge >= 0.3 is 0 Å². The van der Waals surface area contributed by atoms with Crippen LogP contribution in [-0.4, -0.2) is 17.0 Å². The fraction of sp³-hybridized carbons (Fsp3) is 0.389. The molecule has 0 unspecified atom stereocenters. The summed E-state index contributed by atoms with van der Waals surface area (Å²) in [6, 6.07) is 5.20. The van der Waals surface area contributed by atoms with Crippen LogP contribution in [0.4, 0.5) is 4.39 Å². The Kier molecular flexibility index (Phi) is 3.06. The minimum absolute atomic E-state index is 0.171. The zero-order valence-corrected chi connectivity index (χ0v) is 12.6. The Labute approximate surface area is 128 Å². The first-order chi connectivity index (χ1) is 10.7. The van der Waals surface area contributed by atoms with E-state index in [0.29, 0.717) is 12.4 Å². The summed E-state index contributed by atoms with van der Waals surface area (Å²) < 4.78 is 21.7. The van der Waals surface area contributed by atoms with Gasteiger partial charge in [0.05, 0.1) is 12.3 Å². The van der Waals surface area contributed by atoms with Crippen molar-refractivity contribution in [2.75, 3.05) is 6.61 Å². The molecule has 4 rings (SSSR count). The maximum absolute atomic E-state index is 14.2. The number of nitrogens with zero attached hydrogens (tertiary/aromatic N) is 1. The number of benzene rings is 1. The van der Waals surface area contributed by atoms with E-state index in [9.17, 15) is 9.18 Å². The van der Waals surface area contributed by atoms with Crippen LogP contribution in [0.5, 0.6) is 5.75 Å². The van der Waals surface area contributed by atoms with E-state index in [0.717, 1.165) is 48.2 Å². The Morgan fingerprint density at radius 1 is 1.41 bits per heavy atom. The second-order valence-corrected chi connectivity index (χ2v) is 6.03. The fourth-order valence-corrected chi connectivity index (χ4v) is 3.25. The molecule has 0 saturated heterocycles. The van der Waals surface area contributed by atoms with Gasteiger partial charge < -0.3 is 9.30 Å². The zero-order chi connectivity index (χ0) is 15.3. The number of aryl methyl sites for hydroxylation is 2. The van der Waals surface area contributed by atoms with Crippen LogP contribution in [0.25, 0.3) is 11.3 Å². The third kappa shape index (κ3) is 2.05. The molecule has 0 atom stereocenters. The van der Waals surface area contributed by atoms with Crippen LogP contribution >= 0.6 is 0 Å². The number of hydrogen-bond donors (Lipinski definition) is 0. The summed E-state index contributed by atoms with van der Waals surface area (Å²) in [4.78, 5) is 12.5. The van der Waals surface area contributed by atoms with Gasteiger partial charge in [-0.25, -0.2) is 4.39 Å². The molecule has 1 fully saturated rings. The van der Waals surface area contributed by atoms with E-state index in [1.807, 2.05) is 19.2 Å². The molecule has 0 bridgehead atoms. The van der Waals surface area contributed by atoms with E-state index in [1.165, 1.54) is 6.07 Å². The predicted octanol–water partition coefficient (Wildman–Crippen LogP) is 3.84. The topological polar surface area (TPSA) is 31.2 Å². The minimum atomic E-state index is -0.361. The highest BCUT2D eigenvalue weighted by molar-refractivity contribution is 6.04. The van der Waals surface area contributed by atoms with E-state index in [-0.39, 0.29) is 17.5 Å². The van der Waals surface area contributed by atoms with Gasteiger partial charge in [-0.15, -0.1) is 0 Å². The number of ether oxygens (including phenoxy) is 1.